The molecule has 4 atom stereocenters. The molecule has 1 aliphatic heterocycles. The lowest BCUT2D eigenvalue weighted by atomic mass is 9.93. The van der Waals surface area contributed by atoms with Gasteiger partial charge in [-0.2, -0.15) is 0 Å². The Morgan fingerprint density at radius 1 is 0.925 bits per heavy atom. The smallest absolute Gasteiger partial charge is 0.321 e. The Morgan fingerprint density at radius 3 is 2.26 bits per heavy atom. The summed E-state index contributed by atoms with van der Waals surface area (Å²) in [6.07, 6.45) is 11.6. The van der Waals surface area contributed by atoms with Crippen molar-refractivity contribution in [1.29, 1.82) is 0 Å². The number of phenols is 2. The SMILES string of the molecule is CCCCCCCCCCNCCC(=O)NC(CCCCN)C(=O)N(C)C1C(=O)NC(C)CNC(C(=O)O)Cc2ccc(O)c(c2)-c2cc1ccc2O. The monoisotopic (exact) mass is 738 g/mol. The number of carbonyl (C=O) groups excluding carboxylic acids is 3. The van der Waals surface area contributed by atoms with Crippen LogP contribution < -0.4 is 27.0 Å². The number of carboxylic acid groups (broad SMARTS) is 1. The van der Waals surface area contributed by atoms with Crippen molar-refractivity contribution in [1.82, 2.24) is 26.2 Å². The number of hydrogen-bond donors (Lipinski definition) is 8. The number of hydrogen-bond acceptors (Lipinski definition) is 9. The number of benzene rings is 2. The number of nitrogens with zero attached hydrogens (tertiary/aromatic N) is 1. The third kappa shape index (κ3) is 13.9. The van der Waals surface area contributed by atoms with Gasteiger partial charge >= 0.3 is 5.97 Å². The highest BCUT2D eigenvalue weighted by atomic mass is 16.4. The lowest BCUT2D eigenvalue weighted by Gasteiger charge is -2.32. The second-order valence-corrected chi connectivity index (χ2v) is 14.3. The molecule has 0 radical (unpaired) electrons. The number of carbonyl (C=O) groups is 4. The molecule has 13 nitrogen and oxygen atoms in total. The van der Waals surface area contributed by atoms with E-state index in [9.17, 15) is 34.5 Å². The van der Waals surface area contributed by atoms with Crippen LogP contribution in [-0.2, 0) is 25.6 Å². The van der Waals surface area contributed by atoms with Crippen LogP contribution in [0.2, 0.25) is 0 Å². The molecule has 4 bridgehead atoms. The molecular weight excluding hydrogens is 676 g/mol. The number of fused-ring (bicyclic) bond motifs is 5. The number of aliphatic carboxylic acids is 1. The molecule has 0 aromatic heterocycles. The number of rotatable bonds is 20. The van der Waals surface area contributed by atoms with Gasteiger partial charge in [-0.1, -0.05) is 64.0 Å². The van der Waals surface area contributed by atoms with E-state index in [-0.39, 0.29) is 47.9 Å². The highest BCUT2D eigenvalue weighted by Gasteiger charge is 2.34. The van der Waals surface area contributed by atoms with E-state index in [1.54, 1.807) is 31.2 Å². The number of phenolic OH excluding ortho intramolecular Hbond substituents is 2. The van der Waals surface area contributed by atoms with Crippen molar-refractivity contribution in [3.63, 3.8) is 0 Å². The Morgan fingerprint density at radius 2 is 1.58 bits per heavy atom. The molecule has 1 aliphatic rings. The van der Waals surface area contributed by atoms with E-state index in [1.807, 2.05) is 0 Å². The van der Waals surface area contributed by atoms with Gasteiger partial charge in [-0.15, -0.1) is 0 Å². The number of amides is 3. The third-order valence-corrected chi connectivity index (χ3v) is 9.78. The van der Waals surface area contributed by atoms with Crippen molar-refractivity contribution < 1.29 is 34.5 Å². The molecule has 2 aromatic rings. The molecule has 294 valence electrons. The zero-order chi connectivity index (χ0) is 38.8. The number of likely N-dealkylation sites (N-methyl/N-ethyl adjacent to an activating group) is 1. The summed E-state index contributed by atoms with van der Waals surface area (Å²) in [5, 5.41) is 43.8. The van der Waals surface area contributed by atoms with Crippen LogP contribution in [0.5, 0.6) is 11.5 Å². The van der Waals surface area contributed by atoms with E-state index in [4.69, 9.17) is 5.73 Å². The Hall–Kier alpha value is -4.20. The zero-order valence-corrected chi connectivity index (χ0v) is 31.8. The molecule has 0 spiro atoms. The molecule has 0 saturated carbocycles. The summed E-state index contributed by atoms with van der Waals surface area (Å²) in [5.41, 5.74) is 7.17. The molecule has 9 N–H and O–H groups in total. The molecule has 2 aromatic carbocycles. The normalized spacial score (nSPS) is 18.0. The van der Waals surface area contributed by atoms with Crippen molar-refractivity contribution in [3.8, 4) is 22.6 Å². The minimum absolute atomic E-state index is 0.0934. The van der Waals surface area contributed by atoms with E-state index in [1.165, 1.54) is 62.6 Å². The molecule has 1 heterocycles. The summed E-state index contributed by atoms with van der Waals surface area (Å²) in [7, 11) is 1.50. The lowest BCUT2D eigenvalue weighted by molar-refractivity contribution is -0.142. The van der Waals surface area contributed by atoms with Gasteiger partial charge in [-0.25, -0.2) is 0 Å². The van der Waals surface area contributed by atoms with Crippen molar-refractivity contribution in [2.75, 3.05) is 33.2 Å². The molecule has 0 fully saturated rings. The summed E-state index contributed by atoms with van der Waals surface area (Å²) >= 11 is 0. The first-order chi connectivity index (χ1) is 25.5. The average Bonchev–Trinajstić information content (AvgIpc) is 3.12. The Balaban J connectivity index is 1.80. The standard InChI is InChI=1S/C40H62N6O7/c1-4-5-6-7-8-9-10-13-21-42-22-19-36(49)45-32(14-11-12-20-41)39(51)46(3)37-29-16-18-35(48)31(25-29)30-23-28(15-17-34(30)47)24-33(40(52)53)43-26-27(2)44-38(37)50/h15-18,23,25,27,32-33,37,42-43,47-48H,4-14,19-22,24,26,41H2,1-3H3,(H,44,50)(H,45,49)(H,52,53). The van der Waals surface area contributed by atoms with Crippen LogP contribution in [0.4, 0.5) is 0 Å². The van der Waals surface area contributed by atoms with Crippen LogP contribution in [0.15, 0.2) is 36.4 Å². The molecule has 3 amide bonds. The van der Waals surface area contributed by atoms with Gasteiger partial charge in [0.1, 0.15) is 29.6 Å². The summed E-state index contributed by atoms with van der Waals surface area (Å²) in [4.78, 5) is 54.8. The van der Waals surface area contributed by atoms with Crippen LogP contribution in [0, 0.1) is 0 Å². The summed E-state index contributed by atoms with van der Waals surface area (Å²) < 4.78 is 0. The first-order valence-electron chi connectivity index (χ1n) is 19.3. The quantitative estimate of drug-likeness (QED) is 0.0913. The van der Waals surface area contributed by atoms with Gasteiger partial charge in [0.2, 0.25) is 17.7 Å². The Bertz CT molecular complexity index is 1490. The van der Waals surface area contributed by atoms with Gasteiger partial charge in [0.05, 0.1) is 0 Å². The minimum atomic E-state index is -1.20. The van der Waals surface area contributed by atoms with E-state index < -0.39 is 42.0 Å². The van der Waals surface area contributed by atoms with E-state index >= 15 is 0 Å². The van der Waals surface area contributed by atoms with E-state index in [0.29, 0.717) is 43.5 Å². The number of nitrogens with one attached hydrogen (secondary N) is 4. The number of aromatic hydroxyl groups is 2. The molecule has 53 heavy (non-hydrogen) atoms. The highest BCUT2D eigenvalue weighted by molar-refractivity contribution is 5.93. The van der Waals surface area contributed by atoms with Crippen LogP contribution >= 0.6 is 0 Å². The fourth-order valence-electron chi connectivity index (χ4n) is 6.69. The van der Waals surface area contributed by atoms with Crippen molar-refractivity contribution >= 4 is 23.7 Å². The first-order valence-corrected chi connectivity index (χ1v) is 19.3. The van der Waals surface area contributed by atoms with Crippen LogP contribution in [0.25, 0.3) is 11.1 Å². The van der Waals surface area contributed by atoms with Gasteiger partial charge in [0, 0.05) is 43.7 Å². The summed E-state index contributed by atoms with van der Waals surface area (Å²) in [5.74, 6) is -2.70. The molecule has 3 rings (SSSR count). The maximum absolute atomic E-state index is 14.2. The van der Waals surface area contributed by atoms with Gasteiger partial charge in [-0.3, -0.25) is 19.2 Å². The summed E-state index contributed by atoms with van der Waals surface area (Å²) in [6, 6.07) is 5.52. The van der Waals surface area contributed by atoms with Crippen LogP contribution in [0.3, 0.4) is 0 Å². The van der Waals surface area contributed by atoms with Crippen LogP contribution in [-0.4, -0.2) is 95.3 Å². The second kappa shape index (κ2) is 22.8. The minimum Gasteiger partial charge on any atom is -0.507 e. The second-order valence-electron chi connectivity index (χ2n) is 14.3. The first kappa shape index (κ1) is 43.2. The number of nitrogens with two attached hydrogens (primary N) is 1. The summed E-state index contributed by atoms with van der Waals surface area (Å²) in [6.45, 7) is 5.80. The Labute approximate surface area is 314 Å². The average molecular weight is 739 g/mol. The maximum atomic E-state index is 14.2. The fourth-order valence-corrected chi connectivity index (χ4v) is 6.69. The number of unbranched alkanes of at least 4 members (excludes halogenated alkanes) is 8. The predicted octanol–water partition coefficient (Wildman–Crippen LogP) is 4.10. The zero-order valence-electron chi connectivity index (χ0n) is 31.8. The van der Waals surface area contributed by atoms with E-state index in [0.717, 1.165) is 19.4 Å². The molecule has 13 heteroatoms. The maximum Gasteiger partial charge on any atom is 0.321 e. The largest absolute Gasteiger partial charge is 0.507 e. The van der Waals surface area contributed by atoms with Crippen molar-refractivity contribution in [2.24, 2.45) is 5.73 Å². The molecule has 0 saturated heterocycles. The number of carboxylic acids is 1. The molecular formula is C40H62N6O7. The Kier molecular flexibility index (Phi) is 18.6. The van der Waals surface area contributed by atoms with Crippen LogP contribution in [0.1, 0.15) is 108 Å². The topological polar surface area (TPSA) is 206 Å². The van der Waals surface area contributed by atoms with Gasteiger partial charge in [-0.05, 0) is 87.5 Å². The van der Waals surface area contributed by atoms with Crippen molar-refractivity contribution in [3.05, 3.63) is 47.5 Å². The van der Waals surface area contributed by atoms with Gasteiger partial charge in [0.25, 0.3) is 0 Å². The van der Waals surface area contributed by atoms with E-state index in [2.05, 4.69) is 28.2 Å². The molecule has 0 aliphatic carbocycles. The predicted molar refractivity (Wildman–Crippen MR) is 206 cm³/mol. The van der Waals surface area contributed by atoms with Gasteiger partial charge < -0.3 is 47.2 Å². The van der Waals surface area contributed by atoms with Crippen molar-refractivity contribution in [2.45, 2.75) is 121 Å². The highest BCUT2D eigenvalue weighted by Crippen LogP contribution is 2.38. The molecule has 4 unspecified atom stereocenters. The lowest BCUT2D eigenvalue weighted by Crippen LogP contribution is -2.53. The third-order valence-electron chi connectivity index (χ3n) is 9.78. The van der Waals surface area contributed by atoms with Gasteiger partial charge in [0.15, 0.2) is 0 Å². The fraction of sp³-hybridized carbons (Fsp3) is 0.600.